The highest BCUT2D eigenvalue weighted by Gasteiger charge is 2.02. The Labute approximate surface area is 135 Å². The monoisotopic (exact) mass is 299 g/mol. The molecule has 1 N–H and O–H groups in total. The van der Waals surface area contributed by atoms with E-state index < -0.39 is 0 Å². The number of fused-ring (bicyclic) bond motifs is 1. The summed E-state index contributed by atoms with van der Waals surface area (Å²) in [5.41, 5.74) is 6.87. The number of pyridine rings is 1. The van der Waals surface area contributed by atoms with Gasteiger partial charge in [0.1, 0.15) is 0 Å². The summed E-state index contributed by atoms with van der Waals surface area (Å²) in [5, 5.41) is 0. The number of H-pyrrole nitrogens is 1. The predicted molar refractivity (Wildman–Crippen MR) is 93.2 cm³/mol. The third kappa shape index (κ3) is 2.99. The smallest absolute Gasteiger partial charge is 0.177 e. The Balaban J connectivity index is 1.46. The highest BCUT2D eigenvalue weighted by Crippen LogP contribution is 2.20. The van der Waals surface area contributed by atoms with Crippen LogP contribution in [0.5, 0.6) is 0 Å². The Morgan fingerprint density at radius 1 is 0.739 bits per heavy atom. The lowest BCUT2D eigenvalue weighted by atomic mass is 10.0. The van der Waals surface area contributed by atoms with Crippen molar-refractivity contribution in [2.24, 2.45) is 0 Å². The van der Waals surface area contributed by atoms with Gasteiger partial charge in [0.05, 0.1) is 11.8 Å². The molecular formula is C20H17N3. The lowest BCUT2D eigenvalue weighted by Gasteiger charge is -2.05. The van der Waals surface area contributed by atoms with Crippen molar-refractivity contribution in [3.05, 3.63) is 84.3 Å². The van der Waals surface area contributed by atoms with E-state index in [9.17, 15) is 0 Å². The summed E-state index contributed by atoms with van der Waals surface area (Å²) in [6.45, 7) is 0. The van der Waals surface area contributed by atoms with Crippen LogP contribution in [-0.2, 0) is 12.8 Å². The Morgan fingerprint density at radius 2 is 1.48 bits per heavy atom. The standard InChI is InChI=1S/C20H17N3/c1-2-4-17(5-3-1)18-10-8-15(9-11-18)6-7-16-12-19-20(21-13-16)23-14-22-19/h1-5,8-14H,6-7H2,(H,21,22,23). The molecule has 0 saturated heterocycles. The van der Waals surface area contributed by atoms with Crippen molar-refractivity contribution in [3.8, 4) is 11.1 Å². The molecule has 2 heterocycles. The summed E-state index contributed by atoms with van der Waals surface area (Å²) in [7, 11) is 0. The minimum absolute atomic E-state index is 0.779. The third-order valence-corrected chi connectivity index (χ3v) is 4.09. The molecule has 0 aliphatic rings. The zero-order chi connectivity index (χ0) is 15.5. The lowest BCUT2D eigenvalue weighted by Crippen LogP contribution is -1.93. The maximum atomic E-state index is 4.36. The van der Waals surface area contributed by atoms with Crippen LogP contribution >= 0.6 is 0 Å². The Bertz CT molecular complexity index is 908. The highest BCUT2D eigenvalue weighted by molar-refractivity contribution is 5.70. The molecule has 0 fully saturated rings. The molecule has 0 amide bonds. The zero-order valence-corrected chi connectivity index (χ0v) is 12.7. The van der Waals surface area contributed by atoms with Crippen LogP contribution in [-0.4, -0.2) is 15.0 Å². The number of aryl methyl sites for hydroxylation is 2. The van der Waals surface area contributed by atoms with Crippen molar-refractivity contribution in [2.45, 2.75) is 12.8 Å². The van der Waals surface area contributed by atoms with Crippen LogP contribution in [0.25, 0.3) is 22.3 Å². The third-order valence-electron chi connectivity index (χ3n) is 4.09. The average Bonchev–Trinajstić information content (AvgIpc) is 3.09. The van der Waals surface area contributed by atoms with E-state index in [0.29, 0.717) is 0 Å². The van der Waals surface area contributed by atoms with Gasteiger partial charge < -0.3 is 4.98 Å². The summed E-state index contributed by atoms with van der Waals surface area (Å²) in [5.74, 6) is 0. The molecule has 3 heteroatoms. The second kappa shape index (κ2) is 6.05. The van der Waals surface area contributed by atoms with Crippen LogP contribution in [0.2, 0.25) is 0 Å². The maximum Gasteiger partial charge on any atom is 0.177 e. The SMILES string of the molecule is c1ccc(-c2ccc(CCc3cnc4nc[nH]c4c3)cc2)cc1. The molecule has 0 aliphatic carbocycles. The van der Waals surface area contributed by atoms with E-state index in [1.807, 2.05) is 12.3 Å². The van der Waals surface area contributed by atoms with Gasteiger partial charge in [-0.25, -0.2) is 9.97 Å². The number of benzene rings is 2. The number of nitrogens with one attached hydrogen (secondary N) is 1. The van der Waals surface area contributed by atoms with Gasteiger partial charge in [0.2, 0.25) is 0 Å². The molecular weight excluding hydrogens is 282 g/mol. The Kier molecular flexibility index (Phi) is 3.60. The van der Waals surface area contributed by atoms with E-state index >= 15 is 0 Å². The number of hydrogen-bond donors (Lipinski definition) is 1. The van der Waals surface area contributed by atoms with Crippen LogP contribution in [0.15, 0.2) is 73.2 Å². The first-order chi connectivity index (χ1) is 11.4. The van der Waals surface area contributed by atoms with Gasteiger partial charge in [-0.2, -0.15) is 0 Å². The molecule has 3 nitrogen and oxygen atoms in total. The van der Waals surface area contributed by atoms with Gasteiger partial charge in [-0.05, 0) is 41.2 Å². The number of aromatic amines is 1. The van der Waals surface area contributed by atoms with Gasteiger partial charge >= 0.3 is 0 Å². The molecule has 0 spiro atoms. The van der Waals surface area contributed by atoms with Crippen LogP contribution in [0.1, 0.15) is 11.1 Å². The number of nitrogens with zero attached hydrogens (tertiary/aromatic N) is 2. The fourth-order valence-electron chi connectivity index (χ4n) is 2.79. The molecule has 0 radical (unpaired) electrons. The lowest BCUT2D eigenvalue weighted by molar-refractivity contribution is 0.954. The first-order valence-corrected chi connectivity index (χ1v) is 7.81. The molecule has 0 atom stereocenters. The van der Waals surface area contributed by atoms with Crippen molar-refractivity contribution in [1.82, 2.24) is 15.0 Å². The predicted octanol–water partition coefficient (Wildman–Crippen LogP) is 4.41. The number of imidazole rings is 1. The molecule has 112 valence electrons. The topological polar surface area (TPSA) is 41.6 Å². The normalized spacial score (nSPS) is 11.0. The summed E-state index contributed by atoms with van der Waals surface area (Å²) < 4.78 is 0. The summed E-state index contributed by atoms with van der Waals surface area (Å²) >= 11 is 0. The fraction of sp³-hybridized carbons (Fsp3) is 0.100. The highest BCUT2D eigenvalue weighted by atomic mass is 14.9. The van der Waals surface area contributed by atoms with E-state index in [1.54, 1.807) is 6.33 Å². The molecule has 23 heavy (non-hydrogen) atoms. The number of aromatic nitrogens is 3. The Hall–Kier alpha value is -2.94. The molecule has 0 aliphatic heterocycles. The van der Waals surface area contributed by atoms with E-state index in [-0.39, 0.29) is 0 Å². The second-order valence-electron chi connectivity index (χ2n) is 5.68. The molecule has 2 aromatic heterocycles. The van der Waals surface area contributed by atoms with Crippen LogP contribution in [0, 0.1) is 0 Å². The molecule has 0 unspecified atom stereocenters. The van der Waals surface area contributed by atoms with E-state index in [0.717, 1.165) is 24.0 Å². The van der Waals surface area contributed by atoms with Crippen molar-refractivity contribution < 1.29 is 0 Å². The second-order valence-corrected chi connectivity index (χ2v) is 5.68. The quantitative estimate of drug-likeness (QED) is 0.606. The molecule has 4 aromatic rings. The molecule has 4 rings (SSSR count). The van der Waals surface area contributed by atoms with Gasteiger partial charge in [0.15, 0.2) is 5.65 Å². The fourth-order valence-corrected chi connectivity index (χ4v) is 2.79. The van der Waals surface area contributed by atoms with Crippen molar-refractivity contribution in [2.75, 3.05) is 0 Å². The molecule has 2 aromatic carbocycles. The van der Waals surface area contributed by atoms with Crippen molar-refractivity contribution in [3.63, 3.8) is 0 Å². The summed E-state index contributed by atoms with van der Waals surface area (Å²) in [4.78, 5) is 11.6. The minimum atomic E-state index is 0.779. The van der Waals surface area contributed by atoms with Gasteiger partial charge in [0, 0.05) is 6.20 Å². The van der Waals surface area contributed by atoms with Gasteiger partial charge in [-0.15, -0.1) is 0 Å². The first kappa shape index (κ1) is 13.7. The van der Waals surface area contributed by atoms with Crippen molar-refractivity contribution in [1.29, 1.82) is 0 Å². The molecule has 0 saturated carbocycles. The zero-order valence-electron chi connectivity index (χ0n) is 12.7. The number of rotatable bonds is 4. The van der Waals surface area contributed by atoms with Crippen LogP contribution in [0.3, 0.4) is 0 Å². The van der Waals surface area contributed by atoms with Gasteiger partial charge in [0.25, 0.3) is 0 Å². The molecule has 0 bridgehead atoms. The van der Waals surface area contributed by atoms with E-state index in [1.165, 1.54) is 22.3 Å². The van der Waals surface area contributed by atoms with Crippen molar-refractivity contribution >= 4 is 11.2 Å². The Morgan fingerprint density at radius 3 is 2.30 bits per heavy atom. The summed E-state index contributed by atoms with van der Waals surface area (Å²) in [6.07, 6.45) is 5.59. The maximum absolute atomic E-state index is 4.36. The largest absolute Gasteiger partial charge is 0.343 e. The van der Waals surface area contributed by atoms with Crippen LogP contribution in [0.4, 0.5) is 0 Å². The van der Waals surface area contributed by atoms with E-state index in [2.05, 4.69) is 69.5 Å². The van der Waals surface area contributed by atoms with E-state index in [4.69, 9.17) is 0 Å². The minimum Gasteiger partial charge on any atom is -0.343 e. The van der Waals surface area contributed by atoms with Gasteiger partial charge in [-0.1, -0.05) is 54.6 Å². The van der Waals surface area contributed by atoms with Crippen LogP contribution < -0.4 is 0 Å². The first-order valence-electron chi connectivity index (χ1n) is 7.81. The van der Waals surface area contributed by atoms with Gasteiger partial charge in [-0.3, -0.25) is 0 Å². The number of hydrogen-bond acceptors (Lipinski definition) is 2. The average molecular weight is 299 g/mol. The summed E-state index contributed by atoms with van der Waals surface area (Å²) in [6, 6.07) is 21.4.